The van der Waals surface area contributed by atoms with Crippen LogP contribution in [0.3, 0.4) is 0 Å². The Hall–Kier alpha value is -3.43. The summed E-state index contributed by atoms with van der Waals surface area (Å²) in [5.41, 5.74) is 0.859. The molecule has 0 aliphatic rings. The van der Waals surface area contributed by atoms with Gasteiger partial charge >= 0.3 is 0 Å². The number of anilines is 1. The molecule has 0 fully saturated rings. The number of hydrogen-bond acceptors (Lipinski definition) is 4. The largest absolute Gasteiger partial charge is 0.352 e. The number of benzene rings is 3. The number of nitrogens with one attached hydrogen (secondary N) is 1. The third kappa shape index (κ3) is 7.11. The highest BCUT2D eigenvalue weighted by molar-refractivity contribution is 7.92. The molecule has 0 aromatic heterocycles. The van der Waals surface area contributed by atoms with Gasteiger partial charge in [-0.3, -0.25) is 13.9 Å². The monoisotopic (exact) mass is 559 g/mol. The zero-order valence-electron chi connectivity index (χ0n) is 21.5. The van der Waals surface area contributed by atoms with Crippen LogP contribution in [0.1, 0.15) is 32.8 Å². The van der Waals surface area contributed by atoms with Crippen molar-refractivity contribution in [2.45, 2.75) is 50.7 Å². The first-order valence-electron chi connectivity index (χ1n) is 12.2. The highest BCUT2D eigenvalue weighted by Crippen LogP contribution is 2.25. The summed E-state index contributed by atoms with van der Waals surface area (Å²) in [5, 5.41) is 3.29. The van der Waals surface area contributed by atoms with Gasteiger partial charge in [-0.15, -0.1) is 0 Å². The topological polar surface area (TPSA) is 86.8 Å². The molecule has 7 nitrogen and oxygen atoms in total. The van der Waals surface area contributed by atoms with E-state index < -0.39 is 34.3 Å². The molecule has 0 spiro atoms. The maximum atomic E-state index is 13.8. The number of hydrogen-bond donors (Lipinski definition) is 1. The number of halogens is 2. The Kier molecular flexibility index (Phi) is 9.88. The molecule has 1 N–H and O–H groups in total. The molecule has 0 radical (unpaired) electrons. The molecule has 0 bridgehead atoms. The van der Waals surface area contributed by atoms with Crippen LogP contribution in [0.2, 0.25) is 5.02 Å². The molecule has 0 saturated heterocycles. The van der Waals surface area contributed by atoms with Crippen molar-refractivity contribution < 1.29 is 22.4 Å². The average molecular weight is 560 g/mol. The van der Waals surface area contributed by atoms with Crippen LogP contribution in [0.25, 0.3) is 0 Å². The van der Waals surface area contributed by atoms with E-state index in [1.54, 1.807) is 61.5 Å². The number of carbonyl (C=O) groups excluding carboxylic acids is 2. The van der Waals surface area contributed by atoms with Crippen LogP contribution in [0.4, 0.5) is 10.1 Å². The van der Waals surface area contributed by atoms with Gasteiger partial charge in [0.15, 0.2) is 0 Å². The third-order valence-corrected chi connectivity index (χ3v) is 8.35. The van der Waals surface area contributed by atoms with Gasteiger partial charge in [0.1, 0.15) is 18.4 Å². The second-order valence-electron chi connectivity index (χ2n) is 8.91. The molecule has 0 unspecified atom stereocenters. The molecule has 10 heteroatoms. The molecule has 2 amide bonds. The number of sulfonamides is 1. The quantitative estimate of drug-likeness (QED) is 0.358. The first kappa shape index (κ1) is 29.1. The Morgan fingerprint density at radius 3 is 2.16 bits per heavy atom. The predicted molar refractivity (Wildman–Crippen MR) is 147 cm³/mol. The van der Waals surface area contributed by atoms with Crippen LogP contribution in [0.15, 0.2) is 83.8 Å². The minimum atomic E-state index is -4.26. The van der Waals surface area contributed by atoms with Crippen molar-refractivity contribution in [3.05, 3.63) is 95.3 Å². The number of rotatable bonds is 11. The maximum absolute atomic E-state index is 13.8. The van der Waals surface area contributed by atoms with Crippen molar-refractivity contribution in [1.29, 1.82) is 0 Å². The Morgan fingerprint density at radius 2 is 1.55 bits per heavy atom. The van der Waals surface area contributed by atoms with Gasteiger partial charge in [0.2, 0.25) is 11.8 Å². The summed E-state index contributed by atoms with van der Waals surface area (Å²) in [7, 11) is -4.26. The zero-order valence-corrected chi connectivity index (χ0v) is 23.0. The molecular weight excluding hydrogens is 529 g/mol. The fraction of sp³-hybridized carbons (Fsp3) is 0.286. The molecule has 0 aliphatic heterocycles. The van der Waals surface area contributed by atoms with E-state index in [9.17, 15) is 22.4 Å². The normalized spacial score (nSPS) is 12.9. The molecular formula is C28H31ClFN3O4S. The number of carbonyl (C=O) groups is 2. The van der Waals surface area contributed by atoms with Gasteiger partial charge in [0, 0.05) is 17.6 Å². The van der Waals surface area contributed by atoms with E-state index in [4.69, 9.17) is 11.6 Å². The molecule has 0 aliphatic carbocycles. The van der Waals surface area contributed by atoms with Crippen LogP contribution in [-0.2, 0) is 26.2 Å². The van der Waals surface area contributed by atoms with Gasteiger partial charge in [-0.05, 0) is 68.3 Å². The second kappa shape index (κ2) is 12.9. The van der Waals surface area contributed by atoms with Crippen LogP contribution < -0.4 is 9.62 Å². The first-order valence-corrected chi connectivity index (χ1v) is 14.0. The maximum Gasteiger partial charge on any atom is 0.264 e. The van der Waals surface area contributed by atoms with Crippen LogP contribution in [0, 0.1) is 5.82 Å². The van der Waals surface area contributed by atoms with Crippen LogP contribution >= 0.6 is 11.6 Å². The van der Waals surface area contributed by atoms with E-state index in [0.29, 0.717) is 17.0 Å². The summed E-state index contributed by atoms with van der Waals surface area (Å²) < 4.78 is 41.7. The molecule has 2 atom stereocenters. The Labute approximate surface area is 228 Å². The lowest BCUT2D eigenvalue weighted by molar-refractivity contribution is -0.139. The molecule has 3 aromatic carbocycles. The predicted octanol–water partition coefficient (Wildman–Crippen LogP) is 5.01. The Morgan fingerprint density at radius 1 is 0.947 bits per heavy atom. The fourth-order valence-corrected chi connectivity index (χ4v) is 5.32. The minimum absolute atomic E-state index is 0.00712. The van der Waals surface area contributed by atoms with Crippen molar-refractivity contribution in [2.75, 3.05) is 10.8 Å². The lowest BCUT2D eigenvalue weighted by Gasteiger charge is -2.32. The van der Waals surface area contributed by atoms with E-state index >= 15 is 0 Å². The van der Waals surface area contributed by atoms with E-state index in [2.05, 4.69) is 5.32 Å². The van der Waals surface area contributed by atoms with Crippen molar-refractivity contribution in [3.8, 4) is 0 Å². The summed E-state index contributed by atoms with van der Waals surface area (Å²) in [4.78, 5) is 28.0. The molecule has 0 heterocycles. The summed E-state index contributed by atoms with van der Waals surface area (Å²) in [5.74, 6) is -1.56. The summed E-state index contributed by atoms with van der Waals surface area (Å²) in [6.07, 6.45) is 0.703. The van der Waals surface area contributed by atoms with Gasteiger partial charge in [-0.2, -0.15) is 0 Å². The van der Waals surface area contributed by atoms with Crippen molar-refractivity contribution >= 4 is 39.1 Å². The molecule has 202 valence electrons. The standard InChI is InChI=1S/C28H31ClFN3O4S/c1-4-20(2)31-28(35)21(3)32(18-22-10-8-9-13-26(22)29)27(34)19-33(24-11-6-5-7-12-24)38(36,37)25-16-14-23(30)15-17-25/h5-17,20-21H,4,18-19H2,1-3H3,(H,31,35)/t20-,21+/m0/s1. The smallest absolute Gasteiger partial charge is 0.264 e. The van der Waals surface area contributed by atoms with E-state index in [-0.39, 0.29) is 29.1 Å². The summed E-state index contributed by atoms with van der Waals surface area (Å²) in [6, 6.07) is 18.4. The zero-order chi connectivity index (χ0) is 27.9. The van der Waals surface area contributed by atoms with Gasteiger partial charge < -0.3 is 10.2 Å². The van der Waals surface area contributed by atoms with Crippen molar-refractivity contribution in [1.82, 2.24) is 10.2 Å². The molecule has 3 aromatic rings. The van der Waals surface area contributed by atoms with Crippen LogP contribution in [-0.4, -0.2) is 43.8 Å². The highest BCUT2D eigenvalue weighted by atomic mass is 35.5. The fourth-order valence-electron chi connectivity index (χ4n) is 3.72. The van der Waals surface area contributed by atoms with Crippen LogP contribution in [0.5, 0.6) is 0 Å². The van der Waals surface area contributed by atoms with Crippen molar-refractivity contribution in [3.63, 3.8) is 0 Å². The Bertz CT molecular complexity index is 1350. The average Bonchev–Trinajstić information content (AvgIpc) is 2.91. The Balaban J connectivity index is 2.01. The molecule has 38 heavy (non-hydrogen) atoms. The summed E-state index contributed by atoms with van der Waals surface area (Å²) in [6.45, 7) is 4.79. The summed E-state index contributed by atoms with van der Waals surface area (Å²) >= 11 is 6.36. The third-order valence-electron chi connectivity index (χ3n) is 6.19. The lowest BCUT2D eigenvalue weighted by atomic mass is 10.1. The first-order chi connectivity index (χ1) is 18.0. The second-order valence-corrected chi connectivity index (χ2v) is 11.2. The van der Waals surface area contributed by atoms with E-state index in [1.165, 1.54) is 4.90 Å². The van der Waals surface area contributed by atoms with Gasteiger partial charge in [-0.25, -0.2) is 12.8 Å². The van der Waals surface area contributed by atoms with Gasteiger partial charge in [-0.1, -0.05) is 54.9 Å². The number of amides is 2. The lowest BCUT2D eigenvalue weighted by Crippen LogP contribution is -2.52. The highest BCUT2D eigenvalue weighted by Gasteiger charge is 2.33. The number of para-hydroxylation sites is 1. The number of nitrogens with zero attached hydrogens (tertiary/aromatic N) is 2. The molecule has 0 saturated carbocycles. The van der Waals surface area contributed by atoms with Gasteiger partial charge in [0.25, 0.3) is 10.0 Å². The minimum Gasteiger partial charge on any atom is -0.352 e. The van der Waals surface area contributed by atoms with Gasteiger partial charge in [0.05, 0.1) is 10.6 Å². The SMILES string of the molecule is CC[C@H](C)NC(=O)[C@@H](C)N(Cc1ccccc1Cl)C(=O)CN(c1ccccc1)S(=O)(=O)c1ccc(F)cc1. The van der Waals surface area contributed by atoms with Crippen molar-refractivity contribution in [2.24, 2.45) is 0 Å². The van der Waals surface area contributed by atoms with E-state index in [1.807, 2.05) is 13.8 Å². The van der Waals surface area contributed by atoms with E-state index in [0.717, 1.165) is 28.6 Å². The molecule has 3 rings (SSSR count).